The van der Waals surface area contributed by atoms with Crippen molar-refractivity contribution in [3.63, 3.8) is 0 Å². The monoisotopic (exact) mass is 352 g/mol. The molecule has 0 unspecified atom stereocenters. The summed E-state index contributed by atoms with van der Waals surface area (Å²) >= 11 is 0. The van der Waals surface area contributed by atoms with Crippen molar-refractivity contribution < 1.29 is 14.3 Å². The first-order valence-electron chi connectivity index (χ1n) is 8.96. The Morgan fingerprint density at radius 3 is 2.73 bits per heavy atom. The number of carbonyl (C=O) groups excluding carboxylic acids is 2. The molecule has 3 rings (SSSR count). The van der Waals surface area contributed by atoms with E-state index >= 15 is 0 Å². The number of aryl methyl sites for hydroxylation is 1. The number of hydrogen-bond donors (Lipinski definition) is 1. The summed E-state index contributed by atoms with van der Waals surface area (Å²) < 4.78 is 5.61. The number of amides is 2. The Balaban J connectivity index is 1.47. The molecule has 2 aromatic rings. The summed E-state index contributed by atoms with van der Waals surface area (Å²) in [7, 11) is 0. The molecule has 5 nitrogen and oxygen atoms in total. The zero-order valence-corrected chi connectivity index (χ0v) is 15.0. The molecule has 26 heavy (non-hydrogen) atoms. The third kappa shape index (κ3) is 4.85. The van der Waals surface area contributed by atoms with Crippen molar-refractivity contribution in [2.45, 2.75) is 26.3 Å². The third-order valence-electron chi connectivity index (χ3n) is 4.41. The highest BCUT2D eigenvalue weighted by Gasteiger charge is 2.20. The van der Waals surface area contributed by atoms with Gasteiger partial charge in [-0.05, 0) is 43.2 Å². The summed E-state index contributed by atoms with van der Waals surface area (Å²) in [4.78, 5) is 25.9. The Kier molecular flexibility index (Phi) is 5.89. The van der Waals surface area contributed by atoms with Crippen molar-refractivity contribution in [2.24, 2.45) is 0 Å². The van der Waals surface area contributed by atoms with E-state index in [1.165, 1.54) is 5.56 Å². The molecule has 136 valence electrons. The Hall–Kier alpha value is -2.82. The van der Waals surface area contributed by atoms with E-state index in [1.807, 2.05) is 54.3 Å². The largest absolute Gasteiger partial charge is 0.492 e. The van der Waals surface area contributed by atoms with E-state index in [-0.39, 0.29) is 11.8 Å². The molecule has 0 bridgehead atoms. The van der Waals surface area contributed by atoms with Gasteiger partial charge < -0.3 is 15.0 Å². The van der Waals surface area contributed by atoms with Crippen LogP contribution in [0.4, 0.5) is 0 Å². The highest BCUT2D eigenvalue weighted by Crippen LogP contribution is 2.15. The molecule has 5 heteroatoms. The normalized spacial score (nSPS) is 13.7. The maximum Gasteiger partial charge on any atom is 0.251 e. The van der Waals surface area contributed by atoms with E-state index in [1.54, 1.807) is 6.07 Å². The fraction of sp³-hybridized carbons (Fsp3) is 0.333. The van der Waals surface area contributed by atoms with Crippen LogP contribution in [0, 0.1) is 6.92 Å². The lowest BCUT2D eigenvalue weighted by molar-refractivity contribution is -0.128. The molecule has 0 aromatic heterocycles. The van der Waals surface area contributed by atoms with Gasteiger partial charge in [0.25, 0.3) is 5.91 Å². The second kappa shape index (κ2) is 8.52. The molecule has 0 aliphatic carbocycles. The lowest BCUT2D eigenvalue weighted by atomic mass is 10.1. The van der Waals surface area contributed by atoms with Gasteiger partial charge in [0.1, 0.15) is 12.4 Å². The van der Waals surface area contributed by atoms with Crippen molar-refractivity contribution in [1.82, 2.24) is 10.2 Å². The second-order valence-electron chi connectivity index (χ2n) is 6.54. The zero-order chi connectivity index (χ0) is 18.4. The predicted molar refractivity (Wildman–Crippen MR) is 100 cm³/mol. The molecule has 2 aromatic carbocycles. The number of nitrogens with zero attached hydrogens (tertiary/aromatic N) is 1. The maximum atomic E-state index is 12.3. The third-order valence-corrected chi connectivity index (χ3v) is 4.41. The van der Waals surface area contributed by atoms with Gasteiger partial charge in [-0.15, -0.1) is 0 Å². The Morgan fingerprint density at radius 2 is 2.00 bits per heavy atom. The van der Waals surface area contributed by atoms with Crippen LogP contribution in [0.5, 0.6) is 5.75 Å². The summed E-state index contributed by atoms with van der Waals surface area (Å²) in [6, 6.07) is 15.2. The van der Waals surface area contributed by atoms with E-state index in [0.29, 0.717) is 31.7 Å². The number of likely N-dealkylation sites (tertiary alicyclic amines) is 1. The lowest BCUT2D eigenvalue weighted by Crippen LogP contribution is -2.28. The average molecular weight is 352 g/mol. The Bertz CT molecular complexity index is 771. The van der Waals surface area contributed by atoms with Gasteiger partial charge in [0.2, 0.25) is 5.91 Å². The lowest BCUT2D eigenvalue weighted by Gasteiger charge is -2.16. The minimum atomic E-state index is -0.132. The fourth-order valence-corrected chi connectivity index (χ4v) is 2.97. The minimum absolute atomic E-state index is 0.132. The van der Waals surface area contributed by atoms with E-state index in [9.17, 15) is 9.59 Å². The summed E-state index contributed by atoms with van der Waals surface area (Å²) in [6.45, 7) is 4.23. The average Bonchev–Trinajstić information content (AvgIpc) is 3.05. The van der Waals surface area contributed by atoms with Crippen LogP contribution in [0.1, 0.15) is 34.3 Å². The smallest absolute Gasteiger partial charge is 0.251 e. The molecule has 1 N–H and O–H groups in total. The Labute approximate surface area is 154 Å². The fourth-order valence-electron chi connectivity index (χ4n) is 2.97. The molecular weight excluding hydrogens is 328 g/mol. The van der Waals surface area contributed by atoms with Crippen molar-refractivity contribution in [3.8, 4) is 5.75 Å². The first kappa shape index (κ1) is 18.0. The quantitative estimate of drug-likeness (QED) is 0.780. The van der Waals surface area contributed by atoms with Crippen LogP contribution >= 0.6 is 0 Å². The van der Waals surface area contributed by atoms with Crippen LogP contribution in [0.25, 0.3) is 0 Å². The molecule has 0 radical (unpaired) electrons. The molecule has 1 aliphatic rings. The number of hydrogen-bond acceptors (Lipinski definition) is 3. The van der Waals surface area contributed by atoms with E-state index in [0.717, 1.165) is 24.3 Å². The predicted octanol–water partition coefficient (Wildman–Crippen LogP) is 2.93. The molecule has 1 saturated heterocycles. The first-order valence-corrected chi connectivity index (χ1v) is 8.96. The molecule has 2 amide bonds. The highest BCUT2D eigenvalue weighted by atomic mass is 16.5. The van der Waals surface area contributed by atoms with Crippen LogP contribution in [-0.4, -0.2) is 36.4 Å². The van der Waals surface area contributed by atoms with Gasteiger partial charge in [-0.3, -0.25) is 9.59 Å². The SMILES string of the molecule is Cc1ccc(OCCNC(=O)c2cccc(CN3CCCC3=O)c2)cc1. The van der Waals surface area contributed by atoms with Gasteiger partial charge in [0, 0.05) is 25.1 Å². The molecule has 0 saturated carbocycles. The summed E-state index contributed by atoms with van der Waals surface area (Å²) in [5, 5.41) is 2.87. The first-order chi connectivity index (χ1) is 12.6. The van der Waals surface area contributed by atoms with Gasteiger partial charge in [0.05, 0.1) is 6.54 Å². The van der Waals surface area contributed by atoms with Crippen molar-refractivity contribution in [1.29, 1.82) is 0 Å². The summed E-state index contributed by atoms with van der Waals surface area (Å²) in [6.07, 6.45) is 1.54. The van der Waals surface area contributed by atoms with Gasteiger partial charge in [-0.25, -0.2) is 0 Å². The van der Waals surface area contributed by atoms with Gasteiger partial charge >= 0.3 is 0 Å². The zero-order valence-electron chi connectivity index (χ0n) is 15.0. The molecule has 1 fully saturated rings. The standard InChI is InChI=1S/C21H24N2O3/c1-16-7-9-19(10-8-16)26-13-11-22-21(25)18-5-2-4-17(14-18)15-23-12-3-6-20(23)24/h2,4-5,7-10,14H,3,6,11-13,15H2,1H3,(H,22,25). The van der Waals surface area contributed by atoms with Crippen LogP contribution in [0.3, 0.4) is 0 Å². The van der Waals surface area contributed by atoms with E-state index < -0.39 is 0 Å². The van der Waals surface area contributed by atoms with Crippen molar-refractivity contribution in [2.75, 3.05) is 19.7 Å². The number of rotatable bonds is 7. The number of ether oxygens (including phenoxy) is 1. The molecule has 0 spiro atoms. The van der Waals surface area contributed by atoms with Gasteiger partial charge in [-0.1, -0.05) is 29.8 Å². The number of benzene rings is 2. The molecule has 0 atom stereocenters. The van der Waals surface area contributed by atoms with Crippen molar-refractivity contribution in [3.05, 3.63) is 65.2 Å². The summed E-state index contributed by atoms with van der Waals surface area (Å²) in [5.74, 6) is 0.849. The van der Waals surface area contributed by atoms with Gasteiger partial charge in [-0.2, -0.15) is 0 Å². The molecular formula is C21H24N2O3. The maximum absolute atomic E-state index is 12.3. The van der Waals surface area contributed by atoms with E-state index in [4.69, 9.17) is 4.74 Å². The molecule has 1 heterocycles. The number of nitrogens with one attached hydrogen (secondary N) is 1. The van der Waals surface area contributed by atoms with E-state index in [2.05, 4.69) is 5.32 Å². The topological polar surface area (TPSA) is 58.6 Å². The van der Waals surface area contributed by atoms with Crippen LogP contribution < -0.4 is 10.1 Å². The minimum Gasteiger partial charge on any atom is -0.492 e. The van der Waals surface area contributed by atoms with Crippen LogP contribution in [0.15, 0.2) is 48.5 Å². The van der Waals surface area contributed by atoms with Crippen LogP contribution in [-0.2, 0) is 11.3 Å². The van der Waals surface area contributed by atoms with Gasteiger partial charge in [0.15, 0.2) is 0 Å². The van der Waals surface area contributed by atoms with Crippen molar-refractivity contribution >= 4 is 11.8 Å². The molecule has 1 aliphatic heterocycles. The Morgan fingerprint density at radius 1 is 1.19 bits per heavy atom. The highest BCUT2D eigenvalue weighted by molar-refractivity contribution is 5.94. The summed E-state index contributed by atoms with van der Waals surface area (Å²) in [5.41, 5.74) is 2.76. The van der Waals surface area contributed by atoms with Crippen LogP contribution in [0.2, 0.25) is 0 Å². The number of carbonyl (C=O) groups is 2. The second-order valence-corrected chi connectivity index (χ2v) is 6.54.